The maximum absolute atomic E-state index is 13.0. The molecule has 1 heterocycles. The van der Waals surface area contributed by atoms with Gasteiger partial charge in [-0.3, -0.25) is 9.59 Å². The van der Waals surface area contributed by atoms with Crippen LogP contribution in [0.15, 0.2) is 58.3 Å². The van der Waals surface area contributed by atoms with E-state index in [1.165, 1.54) is 27.0 Å². The minimum absolute atomic E-state index is 0.126. The molecule has 190 valence electrons. The van der Waals surface area contributed by atoms with Crippen LogP contribution >= 0.6 is 11.8 Å². The summed E-state index contributed by atoms with van der Waals surface area (Å²) in [6, 6.07) is 14.9. The van der Waals surface area contributed by atoms with Crippen molar-refractivity contribution >= 4 is 45.0 Å². The minimum atomic E-state index is -3.67. The molecule has 0 saturated carbocycles. The van der Waals surface area contributed by atoms with Crippen LogP contribution in [0.1, 0.15) is 27.2 Å². The summed E-state index contributed by atoms with van der Waals surface area (Å²) >= 11 is 1.36. The van der Waals surface area contributed by atoms with E-state index in [1.54, 1.807) is 26.0 Å². The molecular weight excluding hydrogens is 484 g/mol. The molecule has 8 nitrogen and oxygen atoms in total. The van der Waals surface area contributed by atoms with Crippen molar-refractivity contribution in [1.29, 1.82) is 0 Å². The van der Waals surface area contributed by atoms with Gasteiger partial charge in [-0.25, -0.2) is 8.42 Å². The van der Waals surface area contributed by atoms with Gasteiger partial charge in [0.25, 0.3) is 0 Å². The molecule has 0 fully saturated rings. The summed E-state index contributed by atoms with van der Waals surface area (Å²) in [7, 11) is -3.67. The fourth-order valence-corrected chi connectivity index (χ4v) is 6.43. The average Bonchev–Trinajstić information content (AvgIpc) is 2.86. The maximum Gasteiger partial charge on any atom is 0.243 e. The van der Waals surface area contributed by atoms with Crippen LogP contribution in [0.5, 0.6) is 0 Å². The van der Waals surface area contributed by atoms with Crippen LogP contribution in [0, 0.1) is 0 Å². The van der Waals surface area contributed by atoms with Crippen molar-refractivity contribution in [1.82, 2.24) is 9.62 Å². The lowest BCUT2D eigenvalue weighted by Gasteiger charge is -2.29. The lowest BCUT2D eigenvalue weighted by Crippen LogP contribution is -2.44. The highest BCUT2D eigenvalue weighted by atomic mass is 32.2. The first-order valence-corrected chi connectivity index (χ1v) is 14.4. The van der Waals surface area contributed by atoms with Crippen molar-refractivity contribution in [2.75, 3.05) is 54.8 Å². The second-order valence-corrected chi connectivity index (χ2v) is 11.1. The monoisotopic (exact) mass is 518 g/mol. The number of sulfonamides is 1. The molecule has 2 aromatic rings. The molecule has 35 heavy (non-hydrogen) atoms. The number of hydrogen-bond donors (Lipinski definition) is 1. The lowest BCUT2D eigenvalue weighted by atomic mass is 10.2. The third kappa shape index (κ3) is 6.56. The van der Waals surface area contributed by atoms with Gasteiger partial charge in [0.05, 0.1) is 16.3 Å². The second kappa shape index (κ2) is 12.4. The zero-order valence-electron chi connectivity index (χ0n) is 20.6. The Balaban J connectivity index is 1.64. The number of thioether (sulfide) groups is 1. The standard InChI is InChI=1S/C25H34N4O4S2/c1-4-27(20-11-8-7-9-12-20)16-10-15-26-24(30)18-29-22-17-21(35(32,33)28(5-2)6-3)13-14-23(22)34-19-25(29)31/h7-9,11-14,17H,4-6,10,15-16,18-19H2,1-3H3,(H,26,30). The molecule has 0 atom stereocenters. The zero-order chi connectivity index (χ0) is 25.4. The van der Waals surface area contributed by atoms with Gasteiger partial charge in [-0.1, -0.05) is 32.0 Å². The number of amides is 2. The first-order chi connectivity index (χ1) is 16.8. The van der Waals surface area contributed by atoms with Crippen LogP contribution in [-0.4, -0.2) is 69.6 Å². The van der Waals surface area contributed by atoms with E-state index in [9.17, 15) is 18.0 Å². The van der Waals surface area contributed by atoms with Crippen LogP contribution in [0.2, 0.25) is 0 Å². The van der Waals surface area contributed by atoms with Crippen molar-refractivity contribution in [2.24, 2.45) is 0 Å². The summed E-state index contributed by atoms with van der Waals surface area (Å²) in [5.41, 5.74) is 1.61. The number of nitrogens with zero attached hydrogens (tertiary/aromatic N) is 3. The normalized spacial score (nSPS) is 13.6. The van der Waals surface area contributed by atoms with Gasteiger partial charge >= 0.3 is 0 Å². The van der Waals surface area contributed by atoms with Crippen molar-refractivity contribution in [3.05, 3.63) is 48.5 Å². The zero-order valence-corrected chi connectivity index (χ0v) is 22.2. The Hall–Kier alpha value is -2.56. The smallest absolute Gasteiger partial charge is 0.243 e. The van der Waals surface area contributed by atoms with E-state index in [0.29, 0.717) is 25.3 Å². The van der Waals surface area contributed by atoms with Gasteiger partial charge in [0.2, 0.25) is 21.8 Å². The second-order valence-electron chi connectivity index (χ2n) is 8.11. The van der Waals surface area contributed by atoms with Crippen LogP contribution in [0.4, 0.5) is 11.4 Å². The predicted molar refractivity (Wildman–Crippen MR) is 142 cm³/mol. The molecule has 0 spiro atoms. The van der Waals surface area contributed by atoms with Gasteiger partial charge < -0.3 is 15.1 Å². The van der Waals surface area contributed by atoms with Crippen LogP contribution in [-0.2, 0) is 19.6 Å². The summed E-state index contributed by atoms with van der Waals surface area (Å²) in [6.07, 6.45) is 0.765. The van der Waals surface area contributed by atoms with Crippen LogP contribution < -0.4 is 15.1 Å². The molecule has 0 radical (unpaired) electrons. The molecular formula is C25H34N4O4S2. The summed E-state index contributed by atoms with van der Waals surface area (Å²) in [5, 5.41) is 2.90. The minimum Gasteiger partial charge on any atom is -0.372 e. The molecule has 0 aliphatic carbocycles. The molecule has 3 rings (SSSR count). The fraction of sp³-hybridized carbons (Fsp3) is 0.440. The quantitative estimate of drug-likeness (QED) is 0.434. The summed E-state index contributed by atoms with van der Waals surface area (Å²) in [6.45, 7) is 8.40. The third-order valence-electron chi connectivity index (χ3n) is 5.95. The number of carbonyl (C=O) groups is 2. The van der Waals surface area contributed by atoms with Crippen molar-refractivity contribution in [3.63, 3.8) is 0 Å². The van der Waals surface area contributed by atoms with E-state index in [0.717, 1.165) is 30.1 Å². The van der Waals surface area contributed by atoms with E-state index in [-0.39, 0.29) is 29.0 Å². The van der Waals surface area contributed by atoms with E-state index < -0.39 is 10.0 Å². The number of anilines is 2. The summed E-state index contributed by atoms with van der Waals surface area (Å²) in [5.74, 6) is -0.266. The highest BCUT2D eigenvalue weighted by Crippen LogP contribution is 2.37. The molecule has 0 saturated heterocycles. The highest BCUT2D eigenvalue weighted by molar-refractivity contribution is 8.00. The van der Waals surface area contributed by atoms with Gasteiger partial charge in [0, 0.05) is 43.3 Å². The topological polar surface area (TPSA) is 90.0 Å². The Morgan fingerprint density at radius 3 is 2.43 bits per heavy atom. The molecule has 1 N–H and O–H groups in total. The molecule has 0 bridgehead atoms. The van der Waals surface area contributed by atoms with E-state index in [1.807, 2.05) is 18.2 Å². The number of carbonyl (C=O) groups excluding carboxylic acids is 2. The summed E-state index contributed by atoms with van der Waals surface area (Å²) in [4.78, 5) is 29.9. The number of hydrogen-bond acceptors (Lipinski definition) is 6. The molecule has 1 aliphatic heterocycles. The van der Waals surface area contributed by atoms with Crippen LogP contribution in [0.25, 0.3) is 0 Å². The van der Waals surface area contributed by atoms with Crippen LogP contribution in [0.3, 0.4) is 0 Å². The SMILES string of the molecule is CCN(CCCNC(=O)CN1C(=O)CSc2ccc(S(=O)(=O)N(CC)CC)cc21)c1ccccc1. The van der Waals surface area contributed by atoms with E-state index in [4.69, 9.17) is 0 Å². The molecule has 10 heteroatoms. The fourth-order valence-electron chi connectivity index (χ4n) is 4.03. The van der Waals surface area contributed by atoms with Crippen molar-refractivity contribution in [3.8, 4) is 0 Å². The van der Waals surface area contributed by atoms with Crippen molar-refractivity contribution in [2.45, 2.75) is 37.0 Å². The Bertz CT molecular complexity index is 1120. The number of fused-ring (bicyclic) bond motifs is 1. The van der Waals surface area contributed by atoms with E-state index >= 15 is 0 Å². The lowest BCUT2D eigenvalue weighted by molar-refractivity contribution is -0.122. The average molecular weight is 519 g/mol. The number of para-hydroxylation sites is 1. The molecule has 2 aromatic carbocycles. The number of rotatable bonds is 12. The van der Waals surface area contributed by atoms with Gasteiger partial charge in [-0.2, -0.15) is 4.31 Å². The van der Waals surface area contributed by atoms with Gasteiger partial charge in [0.15, 0.2) is 0 Å². The Kier molecular flexibility index (Phi) is 9.59. The number of nitrogens with one attached hydrogen (secondary N) is 1. The molecule has 2 amide bonds. The molecule has 1 aliphatic rings. The number of benzene rings is 2. The molecule has 0 aromatic heterocycles. The van der Waals surface area contributed by atoms with E-state index in [2.05, 4.69) is 29.3 Å². The van der Waals surface area contributed by atoms with Gasteiger partial charge in [-0.15, -0.1) is 11.8 Å². The Morgan fingerprint density at radius 2 is 1.77 bits per heavy atom. The maximum atomic E-state index is 13.0. The first-order valence-electron chi connectivity index (χ1n) is 12.0. The first kappa shape index (κ1) is 27.0. The predicted octanol–water partition coefficient (Wildman–Crippen LogP) is 3.19. The van der Waals surface area contributed by atoms with Crippen molar-refractivity contribution < 1.29 is 18.0 Å². The summed E-state index contributed by atoms with van der Waals surface area (Å²) < 4.78 is 27.3. The Morgan fingerprint density at radius 1 is 1.06 bits per heavy atom. The highest BCUT2D eigenvalue weighted by Gasteiger charge is 2.30. The molecule has 0 unspecified atom stereocenters. The third-order valence-corrected chi connectivity index (χ3v) is 9.04. The Labute approximate surface area is 212 Å². The van der Waals surface area contributed by atoms with Gasteiger partial charge in [-0.05, 0) is 43.7 Å². The van der Waals surface area contributed by atoms with Gasteiger partial charge in [0.1, 0.15) is 6.54 Å². The largest absolute Gasteiger partial charge is 0.372 e.